The van der Waals surface area contributed by atoms with E-state index in [1.54, 1.807) is 18.5 Å². The highest BCUT2D eigenvalue weighted by molar-refractivity contribution is 5.58. The molecule has 2 aromatic heterocycles. The molecule has 30 heavy (non-hydrogen) atoms. The molecule has 150 valence electrons. The molecule has 0 amide bonds. The predicted octanol–water partition coefficient (Wildman–Crippen LogP) is 3.67. The minimum Gasteiger partial charge on any atom is -0.347 e. The van der Waals surface area contributed by atoms with Crippen molar-refractivity contribution in [1.29, 1.82) is 0 Å². The molecule has 4 aromatic rings. The van der Waals surface area contributed by atoms with Gasteiger partial charge in [0.2, 0.25) is 11.7 Å². The van der Waals surface area contributed by atoms with E-state index in [4.69, 9.17) is 4.52 Å². The Morgan fingerprint density at radius 3 is 2.90 bits per heavy atom. The van der Waals surface area contributed by atoms with Crippen molar-refractivity contribution in [3.8, 4) is 11.4 Å². The van der Waals surface area contributed by atoms with E-state index in [9.17, 15) is 10.1 Å². The van der Waals surface area contributed by atoms with Gasteiger partial charge in [-0.15, -0.1) is 0 Å². The summed E-state index contributed by atoms with van der Waals surface area (Å²) in [5, 5.41) is 15.2. The van der Waals surface area contributed by atoms with E-state index >= 15 is 0 Å². The molecule has 0 unspecified atom stereocenters. The normalized spacial score (nSPS) is 16.3. The number of aromatic amines is 1. The van der Waals surface area contributed by atoms with Gasteiger partial charge in [-0.2, -0.15) is 4.98 Å². The van der Waals surface area contributed by atoms with Crippen molar-refractivity contribution in [2.45, 2.75) is 25.6 Å². The molecule has 0 radical (unpaired) electrons. The van der Waals surface area contributed by atoms with Gasteiger partial charge in [-0.3, -0.25) is 15.0 Å². The summed E-state index contributed by atoms with van der Waals surface area (Å²) in [6, 6.07) is 16.3. The summed E-state index contributed by atoms with van der Waals surface area (Å²) in [5.41, 5.74) is 3.79. The SMILES string of the molecule is O=[N+]([O-])c1cccc(-c2noc([C@@H]3Cc4nc[nH]c4CN3Cc3ccccc3)n2)c1. The summed E-state index contributed by atoms with van der Waals surface area (Å²) in [5.74, 6) is 0.808. The quantitative estimate of drug-likeness (QED) is 0.400. The number of benzene rings is 2. The maximum absolute atomic E-state index is 11.1. The van der Waals surface area contributed by atoms with Gasteiger partial charge in [-0.1, -0.05) is 47.6 Å². The molecule has 9 nitrogen and oxygen atoms in total. The number of fused-ring (bicyclic) bond motifs is 1. The van der Waals surface area contributed by atoms with E-state index in [0.717, 1.165) is 17.9 Å². The molecule has 0 spiro atoms. The van der Waals surface area contributed by atoms with Gasteiger partial charge in [-0.05, 0) is 5.56 Å². The number of non-ortho nitro benzene ring substituents is 1. The van der Waals surface area contributed by atoms with Crippen LogP contribution in [0.2, 0.25) is 0 Å². The molecular formula is C21H18N6O3. The molecule has 0 bridgehead atoms. The van der Waals surface area contributed by atoms with Gasteiger partial charge in [0.25, 0.3) is 5.69 Å². The number of rotatable bonds is 5. The summed E-state index contributed by atoms with van der Waals surface area (Å²) < 4.78 is 5.61. The Kier molecular flexibility index (Phi) is 4.56. The first kappa shape index (κ1) is 18.2. The number of hydrogen-bond donors (Lipinski definition) is 1. The smallest absolute Gasteiger partial charge is 0.270 e. The molecule has 2 aromatic carbocycles. The summed E-state index contributed by atoms with van der Waals surface area (Å²) >= 11 is 0. The van der Waals surface area contributed by atoms with Gasteiger partial charge < -0.3 is 9.51 Å². The van der Waals surface area contributed by atoms with Crippen LogP contribution in [0.25, 0.3) is 11.4 Å². The number of aromatic nitrogens is 4. The number of nitrogens with one attached hydrogen (secondary N) is 1. The Labute approximate surface area is 171 Å². The maximum Gasteiger partial charge on any atom is 0.270 e. The van der Waals surface area contributed by atoms with Crippen LogP contribution < -0.4 is 0 Å². The second-order valence-electron chi connectivity index (χ2n) is 7.20. The van der Waals surface area contributed by atoms with E-state index < -0.39 is 4.92 Å². The fourth-order valence-electron chi connectivity index (χ4n) is 3.76. The Morgan fingerprint density at radius 2 is 2.07 bits per heavy atom. The van der Waals surface area contributed by atoms with Crippen molar-refractivity contribution in [1.82, 2.24) is 25.0 Å². The Hall–Kier alpha value is -3.85. The number of imidazole rings is 1. The third kappa shape index (κ3) is 3.46. The minimum absolute atomic E-state index is 0.0108. The second-order valence-corrected chi connectivity index (χ2v) is 7.20. The van der Waals surface area contributed by atoms with E-state index in [1.807, 2.05) is 18.2 Å². The largest absolute Gasteiger partial charge is 0.347 e. The Bertz CT molecular complexity index is 1190. The number of H-pyrrole nitrogens is 1. The van der Waals surface area contributed by atoms with Crippen LogP contribution in [0.15, 0.2) is 65.4 Å². The topological polar surface area (TPSA) is 114 Å². The minimum atomic E-state index is -0.438. The fraction of sp³-hybridized carbons (Fsp3) is 0.190. The Balaban J connectivity index is 1.47. The average Bonchev–Trinajstić information content (AvgIpc) is 3.43. The Morgan fingerprint density at radius 1 is 1.20 bits per heavy atom. The molecule has 9 heteroatoms. The van der Waals surface area contributed by atoms with E-state index in [2.05, 4.69) is 37.1 Å². The van der Waals surface area contributed by atoms with Gasteiger partial charge in [0.15, 0.2) is 0 Å². The molecule has 1 atom stereocenters. The molecule has 0 fully saturated rings. The van der Waals surface area contributed by atoms with Crippen molar-refractivity contribution in [2.75, 3.05) is 0 Å². The van der Waals surface area contributed by atoms with Crippen LogP contribution in [0.5, 0.6) is 0 Å². The number of hydrogen-bond acceptors (Lipinski definition) is 7. The lowest BCUT2D eigenvalue weighted by atomic mass is 10.0. The maximum atomic E-state index is 11.1. The third-order valence-corrected chi connectivity index (χ3v) is 5.27. The predicted molar refractivity (Wildman–Crippen MR) is 107 cm³/mol. The molecule has 0 aliphatic carbocycles. The van der Waals surface area contributed by atoms with E-state index in [-0.39, 0.29) is 11.7 Å². The molecule has 1 aliphatic rings. The zero-order valence-electron chi connectivity index (χ0n) is 15.9. The standard InChI is InChI=1S/C21H18N6O3/c28-27(29)16-8-4-7-15(9-16)20-24-21(30-25-20)19-10-17-18(23-13-22-17)12-26(19)11-14-5-2-1-3-6-14/h1-9,13,19H,10-12H2,(H,22,23)/t19-/m0/s1. The van der Waals surface area contributed by atoms with Gasteiger partial charge in [-0.25, -0.2) is 4.98 Å². The van der Waals surface area contributed by atoms with Crippen LogP contribution in [0.4, 0.5) is 5.69 Å². The number of nitrogens with zero attached hydrogens (tertiary/aromatic N) is 5. The van der Waals surface area contributed by atoms with Crippen molar-refractivity contribution >= 4 is 5.69 Å². The van der Waals surface area contributed by atoms with Crippen LogP contribution in [-0.4, -0.2) is 29.9 Å². The van der Waals surface area contributed by atoms with Crippen LogP contribution in [0, 0.1) is 10.1 Å². The van der Waals surface area contributed by atoms with Crippen molar-refractivity contribution in [3.05, 3.63) is 93.9 Å². The lowest BCUT2D eigenvalue weighted by molar-refractivity contribution is -0.384. The zero-order chi connectivity index (χ0) is 20.5. The molecule has 3 heterocycles. The molecular weight excluding hydrogens is 384 g/mol. The fourth-order valence-corrected chi connectivity index (χ4v) is 3.76. The van der Waals surface area contributed by atoms with Gasteiger partial charge >= 0.3 is 0 Å². The molecule has 1 aliphatic heterocycles. The van der Waals surface area contributed by atoms with Crippen LogP contribution >= 0.6 is 0 Å². The molecule has 0 saturated carbocycles. The van der Waals surface area contributed by atoms with Gasteiger partial charge in [0.1, 0.15) is 0 Å². The average molecular weight is 402 g/mol. The highest BCUT2D eigenvalue weighted by Crippen LogP contribution is 2.33. The molecule has 5 rings (SSSR count). The summed E-state index contributed by atoms with van der Waals surface area (Å²) in [6.45, 7) is 1.40. The van der Waals surface area contributed by atoms with E-state index in [1.165, 1.54) is 17.7 Å². The molecule has 0 saturated heterocycles. The number of nitro benzene ring substituents is 1. The highest BCUT2D eigenvalue weighted by Gasteiger charge is 2.33. The van der Waals surface area contributed by atoms with Gasteiger partial charge in [0, 0.05) is 37.2 Å². The monoisotopic (exact) mass is 402 g/mol. The second kappa shape index (κ2) is 7.53. The van der Waals surface area contributed by atoms with Crippen molar-refractivity contribution in [2.24, 2.45) is 0 Å². The van der Waals surface area contributed by atoms with Crippen LogP contribution in [0.1, 0.15) is 28.9 Å². The first-order valence-electron chi connectivity index (χ1n) is 9.55. The van der Waals surface area contributed by atoms with Crippen LogP contribution in [0.3, 0.4) is 0 Å². The van der Waals surface area contributed by atoms with Crippen LogP contribution in [-0.2, 0) is 19.5 Å². The highest BCUT2D eigenvalue weighted by atomic mass is 16.6. The van der Waals surface area contributed by atoms with Gasteiger partial charge in [0.05, 0.1) is 28.7 Å². The number of nitro groups is 1. The summed E-state index contributed by atoms with van der Waals surface area (Å²) in [6.07, 6.45) is 2.35. The van der Waals surface area contributed by atoms with Crippen molar-refractivity contribution in [3.63, 3.8) is 0 Å². The lowest BCUT2D eigenvalue weighted by Gasteiger charge is -2.32. The van der Waals surface area contributed by atoms with Crippen molar-refractivity contribution < 1.29 is 9.45 Å². The first-order valence-corrected chi connectivity index (χ1v) is 9.55. The van der Waals surface area contributed by atoms with E-state index in [0.29, 0.717) is 30.2 Å². The third-order valence-electron chi connectivity index (χ3n) is 5.27. The summed E-state index contributed by atoms with van der Waals surface area (Å²) in [4.78, 5) is 25.1. The zero-order valence-corrected chi connectivity index (χ0v) is 15.9. The summed E-state index contributed by atoms with van der Waals surface area (Å²) in [7, 11) is 0. The lowest BCUT2D eigenvalue weighted by Crippen LogP contribution is -2.34. The molecule has 1 N–H and O–H groups in total. The first-order chi connectivity index (χ1) is 14.7.